The Morgan fingerprint density at radius 1 is 1.27 bits per heavy atom. The van der Waals surface area contributed by atoms with Gasteiger partial charge in [0.2, 0.25) is 0 Å². The average Bonchev–Trinajstić information content (AvgIpc) is 2.16. The molecule has 15 heavy (non-hydrogen) atoms. The average molecular weight is 217 g/mol. The Bertz CT molecular complexity index is 164. The van der Waals surface area contributed by atoms with Gasteiger partial charge in [0, 0.05) is 0 Å². The summed E-state index contributed by atoms with van der Waals surface area (Å²) in [6, 6.07) is 0. The molecule has 0 aliphatic carbocycles. The first kappa shape index (κ1) is 12.9. The highest BCUT2D eigenvalue weighted by atomic mass is 16.6. The van der Waals surface area contributed by atoms with Crippen LogP contribution in [0.15, 0.2) is 0 Å². The molecular formula is C11H25N2O2+. The van der Waals surface area contributed by atoms with Crippen LogP contribution < -0.4 is 5.48 Å². The van der Waals surface area contributed by atoms with Crippen molar-refractivity contribution in [2.75, 3.05) is 39.3 Å². The number of nitrogens with one attached hydrogen (secondary N) is 1. The topological polar surface area (TPSA) is 41.5 Å². The lowest BCUT2D eigenvalue weighted by Crippen LogP contribution is -2.68. The Morgan fingerprint density at radius 2 is 2.00 bits per heavy atom. The van der Waals surface area contributed by atoms with Gasteiger partial charge in [-0.25, -0.2) is 0 Å². The molecule has 4 nitrogen and oxygen atoms in total. The molecular weight excluding hydrogens is 192 g/mol. The van der Waals surface area contributed by atoms with Gasteiger partial charge in [0.15, 0.2) is 6.10 Å². The van der Waals surface area contributed by atoms with Gasteiger partial charge in [0.25, 0.3) is 0 Å². The van der Waals surface area contributed by atoms with Gasteiger partial charge in [-0.3, -0.25) is 0 Å². The van der Waals surface area contributed by atoms with Crippen LogP contribution in [0.2, 0.25) is 0 Å². The normalized spacial score (nSPS) is 30.2. The van der Waals surface area contributed by atoms with E-state index in [2.05, 4.69) is 19.3 Å². The molecule has 0 amide bonds. The van der Waals surface area contributed by atoms with Gasteiger partial charge in [-0.2, -0.15) is 5.48 Å². The number of quaternary nitrogens is 1. The number of hydroxylamine groups is 1. The largest absolute Gasteiger partial charge is 0.382 e. The third-order valence-electron chi connectivity index (χ3n) is 2.99. The van der Waals surface area contributed by atoms with Crippen LogP contribution in [0.25, 0.3) is 0 Å². The van der Waals surface area contributed by atoms with Gasteiger partial charge in [-0.15, -0.1) is 0 Å². The molecule has 1 aliphatic heterocycles. The van der Waals surface area contributed by atoms with Gasteiger partial charge in [0.1, 0.15) is 13.1 Å². The Labute approximate surface area is 92.8 Å². The molecule has 0 radical (unpaired) electrons. The van der Waals surface area contributed by atoms with Crippen LogP contribution in [0.5, 0.6) is 0 Å². The van der Waals surface area contributed by atoms with E-state index in [1.165, 1.54) is 13.0 Å². The van der Waals surface area contributed by atoms with E-state index < -0.39 is 0 Å². The Morgan fingerprint density at radius 3 is 2.53 bits per heavy atom. The molecule has 1 heterocycles. The maximum absolute atomic E-state index is 9.38. The minimum absolute atomic E-state index is 0.0758. The highest BCUT2D eigenvalue weighted by Gasteiger charge is 2.41. The van der Waals surface area contributed by atoms with E-state index in [1.807, 2.05) is 0 Å². The quantitative estimate of drug-likeness (QED) is 0.354. The Balaban J connectivity index is 2.11. The first-order valence-corrected chi connectivity index (χ1v) is 6.10. The Hall–Kier alpha value is -0.160. The number of hydrogen-bond acceptors (Lipinski definition) is 3. The van der Waals surface area contributed by atoms with E-state index in [0.717, 1.165) is 43.7 Å². The second-order valence-corrected chi connectivity index (χ2v) is 4.55. The predicted octanol–water partition coefficient (Wildman–Crippen LogP) is 0.519. The molecule has 0 spiro atoms. The van der Waals surface area contributed by atoms with Crippen molar-refractivity contribution in [3.05, 3.63) is 0 Å². The van der Waals surface area contributed by atoms with Gasteiger partial charge in [0.05, 0.1) is 26.2 Å². The lowest BCUT2D eigenvalue weighted by Gasteiger charge is -2.48. The molecule has 2 N–H and O–H groups in total. The molecule has 90 valence electrons. The molecule has 4 heteroatoms. The number of aliphatic hydroxyl groups excluding tert-OH is 1. The van der Waals surface area contributed by atoms with E-state index in [-0.39, 0.29) is 6.10 Å². The summed E-state index contributed by atoms with van der Waals surface area (Å²) in [7, 11) is 0. The van der Waals surface area contributed by atoms with Crippen LogP contribution in [-0.2, 0) is 4.84 Å². The molecule has 0 aromatic heterocycles. The second kappa shape index (κ2) is 6.43. The number of rotatable bonds is 8. The zero-order chi connectivity index (χ0) is 11.1. The smallest absolute Gasteiger partial charge is 0.152 e. The van der Waals surface area contributed by atoms with Crippen LogP contribution >= 0.6 is 0 Å². The van der Waals surface area contributed by atoms with Crippen LogP contribution in [0, 0.1) is 0 Å². The standard InChI is InChI=1S/C11H25N2O2/c1-3-6-13(9-11(14)10-13)7-5-12-15-8-4-2/h11-12,14H,3-10H2,1-2H3/q+1. The van der Waals surface area contributed by atoms with Gasteiger partial charge < -0.3 is 14.4 Å². The summed E-state index contributed by atoms with van der Waals surface area (Å²) < 4.78 is 1.06. The minimum atomic E-state index is -0.0758. The molecule has 1 saturated heterocycles. The monoisotopic (exact) mass is 217 g/mol. The fourth-order valence-electron chi connectivity index (χ4n) is 2.32. The van der Waals surface area contributed by atoms with E-state index in [4.69, 9.17) is 4.84 Å². The van der Waals surface area contributed by atoms with Gasteiger partial charge in [-0.1, -0.05) is 13.8 Å². The third-order valence-corrected chi connectivity index (χ3v) is 2.99. The van der Waals surface area contributed by atoms with E-state index in [0.29, 0.717) is 0 Å². The number of nitrogens with zero attached hydrogens (tertiary/aromatic N) is 1. The first-order valence-electron chi connectivity index (χ1n) is 6.10. The maximum Gasteiger partial charge on any atom is 0.152 e. The summed E-state index contributed by atoms with van der Waals surface area (Å²) in [5.74, 6) is 0. The molecule has 1 rings (SSSR count). The van der Waals surface area contributed by atoms with Crippen LogP contribution in [0.4, 0.5) is 0 Å². The zero-order valence-corrected chi connectivity index (χ0v) is 10.0. The molecule has 0 unspecified atom stereocenters. The van der Waals surface area contributed by atoms with Crippen LogP contribution in [0.3, 0.4) is 0 Å². The lowest BCUT2D eigenvalue weighted by atomic mass is 10.1. The van der Waals surface area contributed by atoms with E-state index in [1.54, 1.807) is 0 Å². The van der Waals surface area contributed by atoms with Crippen molar-refractivity contribution < 1.29 is 14.4 Å². The Kier molecular flexibility index (Phi) is 5.53. The van der Waals surface area contributed by atoms with Crippen molar-refractivity contribution in [3.8, 4) is 0 Å². The van der Waals surface area contributed by atoms with Crippen molar-refractivity contribution in [1.82, 2.24) is 5.48 Å². The van der Waals surface area contributed by atoms with Gasteiger partial charge >= 0.3 is 0 Å². The maximum atomic E-state index is 9.38. The molecule has 0 aromatic rings. The molecule has 1 fully saturated rings. The zero-order valence-electron chi connectivity index (χ0n) is 10.0. The van der Waals surface area contributed by atoms with Crippen LogP contribution in [-0.4, -0.2) is 55.0 Å². The van der Waals surface area contributed by atoms with Crippen molar-refractivity contribution in [1.29, 1.82) is 0 Å². The van der Waals surface area contributed by atoms with Crippen molar-refractivity contribution in [3.63, 3.8) is 0 Å². The number of likely N-dealkylation sites (tertiary alicyclic amines) is 1. The fourth-order valence-corrected chi connectivity index (χ4v) is 2.32. The predicted molar refractivity (Wildman–Crippen MR) is 60.3 cm³/mol. The fraction of sp³-hybridized carbons (Fsp3) is 1.00. The van der Waals surface area contributed by atoms with E-state index >= 15 is 0 Å². The van der Waals surface area contributed by atoms with Crippen molar-refractivity contribution in [2.45, 2.75) is 32.8 Å². The minimum Gasteiger partial charge on any atom is -0.382 e. The lowest BCUT2D eigenvalue weighted by molar-refractivity contribution is -0.971. The molecule has 0 aromatic carbocycles. The van der Waals surface area contributed by atoms with E-state index in [9.17, 15) is 5.11 Å². The first-order chi connectivity index (χ1) is 7.22. The number of hydrogen-bond donors (Lipinski definition) is 2. The highest BCUT2D eigenvalue weighted by molar-refractivity contribution is 4.67. The van der Waals surface area contributed by atoms with Gasteiger partial charge in [-0.05, 0) is 12.8 Å². The second-order valence-electron chi connectivity index (χ2n) is 4.55. The summed E-state index contributed by atoms with van der Waals surface area (Å²) in [4.78, 5) is 5.23. The molecule has 0 bridgehead atoms. The van der Waals surface area contributed by atoms with Crippen molar-refractivity contribution in [2.24, 2.45) is 0 Å². The summed E-state index contributed by atoms with van der Waals surface area (Å²) in [5, 5.41) is 9.38. The highest BCUT2D eigenvalue weighted by Crippen LogP contribution is 2.20. The number of aliphatic hydroxyl groups is 1. The SMILES string of the molecule is CCCONCC[N+]1(CCC)CC(O)C1. The molecule has 0 atom stereocenters. The van der Waals surface area contributed by atoms with Crippen LogP contribution in [0.1, 0.15) is 26.7 Å². The third kappa shape index (κ3) is 4.07. The summed E-state index contributed by atoms with van der Waals surface area (Å²) in [6.07, 6.45) is 2.15. The molecule has 1 aliphatic rings. The van der Waals surface area contributed by atoms with Crippen molar-refractivity contribution >= 4 is 0 Å². The summed E-state index contributed by atoms with van der Waals surface area (Å²) in [5.41, 5.74) is 2.99. The summed E-state index contributed by atoms with van der Waals surface area (Å²) >= 11 is 0. The summed E-state index contributed by atoms with van der Waals surface area (Å²) in [6.45, 7) is 10.0. The molecule has 0 saturated carbocycles.